The van der Waals surface area contributed by atoms with Crippen LogP contribution in [0.4, 0.5) is 0 Å². The number of rotatable bonds is 6. The van der Waals surface area contributed by atoms with Gasteiger partial charge in [-0.2, -0.15) is 0 Å². The van der Waals surface area contributed by atoms with Crippen LogP contribution < -0.4 is 5.32 Å². The van der Waals surface area contributed by atoms with Gasteiger partial charge in [-0.05, 0) is 31.9 Å². The van der Waals surface area contributed by atoms with Crippen LogP contribution in [0.3, 0.4) is 0 Å². The quantitative estimate of drug-likeness (QED) is 0.839. The van der Waals surface area contributed by atoms with Gasteiger partial charge in [-0.15, -0.1) is 11.3 Å². The van der Waals surface area contributed by atoms with Gasteiger partial charge in [0.1, 0.15) is 0 Å². The molecule has 2 N–H and O–H groups in total. The lowest BCUT2D eigenvalue weighted by atomic mass is 10.1. The van der Waals surface area contributed by atoms with Crippen LogP contribution in [0.5, 0.6) is 0 Å². The highest BCUT2D eigenvalue weighted by atomic mass is 35.5. The van der Waals surface area contributed by atoms with Gasteiger partial charge in [0.15, 0.2) is 0 Å². The maximum Gasteiger partial charge on any atom is 0.228 e. The zero-order valence-corrected chi connectivity index (χ0v) is 11.6. The van der Waals surface area contributed by atoms with Gasteiger partial charge < -0.3 is 10.4 Å². The molecule has 1 amide bonds. The van der Waals surface area contributed by atoms with E-state index in [0.29, 0.717) is 23.7 Å². The second-order valence-corrected chi connectivity index (χ2v) is 5.75. The Morgan fingerprint density at radius 2 is 2.29 bits per heavy atom. The molecule has 3 nitrogen and oxygen atoms in total. The molecule has 2 atom stereocenters. The monoisotopic (exact) mass is 275 g/mol. The van der Waals surface area contributed by atoms with Crippen LogP contribution in [0.2, 0.25) is 4.34 Å². The highest BCUT2D eigenvalue weighted by Gasteiger charge is 2.16. The highest BCUT2D eigenvalue weighted by Crippen LogP contribution is 2.27. The van der Waals surface area contributed by atoms with Gasteiger partial charge in [0, 0.05) is 11.4 Å². The van der Waals surface area contributed by atoms with E-state index in [1.54, 1.807) is 6.07 Å². The third-order valence-electron chi connectivity index (χ3n) is 2.66. The third-order valence-corrected chi connectivity index (χ3v) is 4.08. The van der Waals surface area contributed by atoms with Crippen LogP contribution in [-0.2, 0) is 4.79 Å². The summed E-state index contributed by atoms with van der Waals surface area (Å²) in [6.45, 7) is 4.29. The molecule has 2 unspecified atom stereocenters. The molecule has 0 bridgehead atoms. The van der Waals surface area contributed by atoms with E-state index >= 15 is 0 Å². The van der Waals surface area contributed by atoms with E-state index in [9.17, 15) is 9.90 Å². The van der Waals surface area contributed by atoms with Crippen molar-refractivity contribution < 1.29 is 9.90 Å². The minimum atomic E-state index is -0.332. The summed E-state index contributed by atoms with van der Waals surface area (Å²) in [5, 5.41) is 12.2. The minimum Gasteiger partial charge on any atom is -0.393 e. The lowest BCUT2D eigenvalue weighted by Crippen LogP contribution is -2.30. The largest absolute Gasteiger partial charge is 0.393 e. The number of amides is 1. The average molecular weight is 276 g/mol. The fraction of sp³-hybridized carbons (Fsp3) is 0.583. The van der Waals surface area contributed by atoms with E-state index in [1.165, 1.54) is 11.3 Å². The van der Waals surface area contributed by atoms with Crippen molar-refractivity contribution in [1.29, 1.82) is 0 Å². The van der Waals surface area contributed by atoms with Crippen molar-refractivity contribution in [2.75, 3.05) is 6.54 Å². The molecule has 0 saturated heterocycles. The Morgan fingerprint density at radius 3 is 2.82 bits per heavy atom. The normalized spacial score (nSPS) is 14.4. The van der Waals surface area contributed by atoms with Crippen molar-refractivity contribution >= 4 is 28.8 Å². The first-order valence-electron chi connectivity index (χ1n) is 5.75. The molecule has 0 radical (unpaired) electrons. The van der Waals surface area contributed by atoms with E-state index < -0.39 is 0 Å². The van der Waals surface area contributed by atoms with Gasteiger partial charge in [0.05, 0.1) is 16.4 Å². The Labute approximate surface area is 111 Å². The number of hydrogen-bond donors (Lipinski definition) is 2. The fourth-order valence-electron chi connectivity index (χ4n) is 1.41. The van der Waals surface area contributed by atoms with Gasteiger partial charge in [-0.25, -0.2) is 0 Å². The highest BCUT2D eigenvalue weighted by molar-refractivity contribution is 7.16. The summed E-state index contributed by atoms with van der Waals surface area (Å²) in [6.07, 6.45) is 0.980. The van der Waals surface area contributed by atoms with E-state index in [1.807, 2.05) is 19.9 Å². The number of thiophene rings is 1. The topological polar surface area (TPSA) is 49.3 Å². The number of nitrogens with one attached hydrogen (secondary N) is 1. The van der Waals surface area contributed by atoms with E-state index in [2.05, 4.69) is 5.32 Å². The summed E-state index contributed by atoms with van der Waals surface area (Å²) in [6, 6.07) is 3.67. The summed E-state index contributed by atoms with van der Waals surface area (Å²) in [5.74, 6) is -0.210. The standard InChI is InChI=1S/C12H18ClNO2S/c1-3-9(15)6-7-14-12(16)8(2)10-4-5-11(13)17-10/h4-5,8-9,15H,3,6-7H2,1-2H3,(H,14,16). The molecule has 0 saturated carbocycles. The zero-order valence-electron chi connectivity index (χ0n) is 10.1. The van der Waals surface area contributed by atoms with Crippen molar-refractivity contribution in [3.63, 3.8) is 0 Å². The van der Waals surface area contributed by atoms with Gasteiger partial charge in [0.25, 0.3) is 0 Å². The smallest absolute Gasteiger partial charge is 0.228 e. The van der Waals surface area contributed by atoms with E-state index in [-0.39, 0.29) is 17.9 Å². The SMILES string of the molecule is CCC(O)CCNC(=O)C(C)c1ccc(Cl)s1. The summed E-state index contributed by atoms with van der Waals surface area (Å²) < 4.78 is 0.695. The lowest BCUT2D eigenvalue weighted by Gasteiger charge is -2.12. The van der Waals surface area contributed by atoms with Crippen molar-refractivity contribution in [2.45, 2.75) is 38.7 Å². The lowest BCUT2D eigenvalue weighted by molar-refractivity contribution is -0.122. The number of carbonyl (C=O) groups excluding carboxylic acids is 1. The van der Waals surface area contributed by atoms with Crippen molar-refractivity contribution in [3.8, 4) is 0 Å². The molecular weight excluding hydrogens is 258 g/mol. The summed E-state index contributed by atoms with van der Waals surface area (Å²) in [7, 11) is 0. The van der Waals surface area contributed by atoms with Crippen LogP contribution in [0.1, 0.15) is 37.5 Å². The molecule has 0 aliphatic rings. The van der Waals surface area contributed by atoms with Crippen LogP contribution in [0.15, 0.2) is 12.1 Å². The predicted octanol–water partition coefficient (Wildman–Crippen LogP) is 2.78. The number of aliphatic hydroxyl groups is 1. The van der Waals surface area contributed by atoms with Crippen molar-refractivity contribution in [1.82, 2.24) is 5.32 Å². The van der Waals surface area contributed by atoms with Gasteiger partial charge >= 0.3 is 0 Å². The molecule has 1 rings (SSSR count). The minimum absolute atomic E-state index is 0.0215. The Bertz CT molecular complexity index is 367. The molecular formula is C12H18ClNO2S. The van der Waals surface area contributed by atoms with E-state index in [4.69, 9.17) is 11.6 Å². The van der Waals surface area contributed by atoms with Gasteiger partial charge in [-0.1, -0.05) is 18.5 Å². The molecule has 1 aromatic heterocycles. The maximum atomic E-state index is 11.8. The molecule has 0 spiro atoms. The van der Waals surface area contributed by atoms with Crippen LogP contribution in [-0.4, -0.2) is 23.7 Å². The number of hydrogen-bond acceptors (Lipinski definition) is 3. The molecule has 0 aromatic carbocycles. The van der Waals surface area contributed by atoms with Crippen LogP contribution in [0.25, 0.3) is 0 Å². The van der Waals surface area contributed by atoms with Gasteiger partial charge in [0.2, 0.25) is 5.91 Å². The van der Waals surface area contributed by atoms with E-state index in [0.717, 1.165) is 4.88 Å². The molecule has 0 aliphatic heterocycles. The number of aliphatic hydroxyl groups excluding tert-OH is 1. The average Bonchev–Trinajstić information content (AvgIpc) is 2.74. The molecule has 5 heteroatoms. The Balaban J connectivity index is 2.37. The van der Waals surface area contributed by atoms with Gasteiger partial charge in [-0.3, -0.25) is 4.79 Å². The molecule has 0 aliphatic carbocycles. The fourth-order valence-corrected chi connectivity index (χ4v) is 2.52. The first-order valence-corrected chi connectivity index (χ1v) is 6.95. The molecule has 0 fully saturated rings. The zero-order chi connectivity index (χ0) is 12.8. The summed E-state index contributed by atoms with van der Waals surface area (Å²) in [5.41, 5.74) is 0. The number of halogens is 1. The molecule has 17 heavy (non-hydrogen) atoms. The van der Waals surface area contributed by atoms with Crippen molar-refractivity contribution in [2.24, 2.45) is 0 Å². The predicted molar refractivity (Wildman–Crippen MR) is 71.7 cm³/mol. The second-order valence-electron chi connectivity index (χ2n) is 4.01. The van der Waals surface area contributed by atoms with Crippen molar-refractivity contribution in [3.05, 3.63) is 21.3 Å². The first kappa shape index (κ1) is 14.5. The summed E-state index contributed by atoms with van der Waals surface area (Å²) >= 11 is 7.25. The first-order chi connectivity index (χ1) is 8.04. The molecule has 96 valence electrons. The maximum absolute atomic E-state index is 11.8. The summed E-state index contributed by atoms with van der Waals surface area (Å²) in [4.78, 5) is 12.8. The Morgan fingerprint density at radius 1 is 1.59 bits per heavy atom. The Hall–Kier alpha value is -0.580. The molecule has 1 heterocycles. The van der Waals surface area contributed by atoms with Crippen LogP contribution >= 0.6 is 22.9 Å². The third kappa shape index (κ3) is 4.66. The Kier molecular flexibility index (Phi) is 5.95. The number of carbonyl (C=O) groups is 1. The molecule has 1 aromatic rings. The second kappa shape index (κ2) is 6.99. The van der Waals surface area contributed by atoms with Crippen LogP contribution in [0, 0.1) is 0 Å².